The van der Waals surface area contributed by atoms with Crippen molar-refractivity contribution in [3.63, 3.8) is 0 Å². The maximum Gasteiger partial charge on any atom is 0.340 e. The Kier molecular flexibility index (Phi) is 9.42. The van der Waals surface area contributed by atoms with Crippen LogP contribution in [-0.4, -0.2) is 73.6 Å². The maximum absolute atomic E-state index is 12.9. The molecule has 0 amide bonds. The Labute approximate surface area is 236 Å². The van der Waals surface area contributed by atoms with Gasteiger partial charge in [0.25, 0.3) is 0 Å². The average molecular weight is 572 g/mol. The third-order valence-corrected chi connectivity index (χ3v) is 18.2. The molecule has 2 aliphatic rings. The van der Waals surface area contributed by atoms with Gasteiger partial charge in [-0.25, -0.2) is 4.79 Å². The normalized spacial score (nSPS) is 26.7. The number of esters is 1. The van der Waals surface area contributed by atoms with E-state index in [-0.39, 0.29) is 29.0 Å². The summed E-state index contributed by atoms with van der Waals surface area (Å²) in [6.07, 6.45) is 0.0132. The molecule has 1 aromatic carbocycles. The molecule has 2 fully saturated rings. The number of carbonyl (C=O) groups is 1. The van der Waals surface area contributed by atoms with E-state index >= 15 is 0 Å². The molecular formula is C28H42BNO7Si2. The number of para-hydroxylation sites is 1. The largest absolute Gasteiger partial charge is 0.435 e. The quantitative estimate of drug-likeness (QED) is 0.231. The highest BCUT2D eigenvalue weighted by Crippen LogP contribution is 2.47. The van der Waals surface area contributed by atoms with Gasteiger partial charge in [0.2, 0.25) is 0 Å². The lowest BCUT2D eigenvalue weighted by atomic mass is 9.93. The van der Waals surface area contributed by atoms with Gasteiger partial charge >= 0.3 is 23.1 Å². The number of hydrogen-bond acceptors (Lipinski definition) is 8. The van der Waals surface area contributed by atoms with E-state index in [1.807, 2.05) is 24.3 Å². The van der Waals surface area contributed by atoms with E-state index in [4.69, 9.17) is 35.0 Å². The average Bonchev–Trinajstić information content (AvgIpc) is 3.16. The van der Waals surface area contributed by atoms with Crippen LogP contribution in [0, 0.1) is 0 Å². The SMILES string of the molecule is [B][C@@H]1O[C@@H]2CO[Si](C(C)C)(C(C)C)O[Si](C(C)C)(C(C)C)O[C@H]2[C@H]1OCOC(=O)c1ccnc2ccccc12. The monoisotopic (exact) mass is 571 g/mol. The Morgan fingerprint density at radius 3 is 2.28 bits per heavy atom. The molecule has 212 valence electrons. The molecule has 0 aliphatic carbocycles. The first-order chi connectivity index (χ1) is 18.4. The molecule has 2 aromatic rings. The zero-order valence-corrected chi connectivity index (χ0v) is 26.4. The maximum atomic E-state index is 12.9. The lowest BCUT2D eigenvalue weighted by molar-refractivity contribution is -0.0988. The minimum Gasteiger partial charge on any atom is -0.435 e. The lowest BCUT2D eigenvalue weighted by Crippen LogP contribution is -2.66. The van der Waals surface area contributed by atoms with E-state index in [1.165, 1.54) is 0 Å². The predicted molar refractivity (Wildman–Crippen MR) is 155 cm³/mol. The number of pyridine rings is 1. The Balaban J connectivity index is 1.55. The van der Waals surface area contributed by atoms with E-state index < -0.39 is 47.4 Å². The second-order valence-corrected chi connectivity index (χ2v) is 20.6. The summed E-state index contributed by atoms with van der Waals surface area (Å²) in [6.45, 7) is 17.4. The second-order valence-electron chi connectivity index (χ2n) is 11.8. The Bertz CT molecular complexity index is 1130. The minimum absolute atomic E-state index is 0.152. The van der Waals surface area contributed by atoms with Gasteiger partial charge in [0.15, 0.2) is 6.79 Å². The summed E-state index contributed by atoms with van der Waals surface area (Å²) < 4.78 is 38.8. The number of hydrogen-bond donors (Lipinski definition) is 0. The van der Waals surface area contributed by atoms with Crippen molar-refractivity contribution in [3.05, 3.63) is 42.1 Å². The molecule has 0 unspecified atom stereocenters. The van der Waals surface area contributed by atoms with Gasteiger partial charge in [0, 0.05) is 17.6 Å². The first-order valence-electron chi connectivity index (χ1n) is 14.0. The van der Waals surface area contributed by atoms with Crippen molar-refractivity contribution < 1.29 is 32.0 Å². The van der Waals surface area contributed by atoms with Gasteiger partial charge < -0.3 is 27.2 Å². The van der Waals surface area contributed by atoms with Gasteiger partial charge in [-0.15, -0.1) is 0 Å². The molecule has 2 radical (unpaired) electrons. The van der Waals surface area contributed by atoms with Crippen molar-refractivity contribution >= 4 is 41.8 Å². The molecule has 0 bridgehead atoms. The summed E-state index contributed by atoms with van der Waals surface area (Å²) in [5.41, 5.74) is 1.91. The Morgan fingerprint density at radius 2 is 1.64 bits per heavy atom. The minimum atomic E-state index is -2.88. The molecule has 0 saturated carbocycles. The molecule has 0 spiro atoms. The van der Waals surface area contributed by atoms with E-state index in [9.17, 15) is 4.79 Å². The van der Waals surface area contributed by atoms with E-state index in [0.29, 0.717) is 12.2 Å². The first-order valence-corrected chi connectivity index (χ1v) is 17.9. The van der Waals surface area contributed by atoms with Crippen molar-refractivity contribution in [1.82, 2.24) is 4.98 Å². The van der Waals surface area contributed by atoms with E-state index in [1.54, 1.807) is 12.3 Å². The van der Waals surface area contributed by atoms with Crippen LogP contribution in [-0.2, 0) is 27.2 Å². The Hall–Kier alpha value is -1.60. The molecule has 11 heteroatoms. The number of aromatic nitrogens is 1. The molecule has 8 nitrogen and oxygen atoms in total. The van der Waals surface area contributed by atoms with Crippen molar-refractivity contribution in [1.29, 1.82) is 0 Å². The van der Waals surface area contributed by atoms with Crippen LogP contribution < -0.4 is 0 Å². The fourth-order valence-electron chi connectivity index (χ4n) is 5.88. The standard InChI is InChI=1S/C28H42BNO7Si2/c1-17(2)38(18(3)4)34-15-24-25(36-39(37-38,19(5)6)20(7)8)26(27(29)35-24)32-16-33-28(31)22-13-14-30-23-12-10-9-11-21(22)23/h9-14,17-20,24-27H,15-16H2,1-8H3/t24-,25-,26-,27-/m1/s1. The van der Waals surface area contributed by atoms with Gasteiger partial charge in [0.1, 0.15) is 26.2 Å². The van der Waals surface area contributed by atoms with Crippen LogP contribution >= 0.6 is 0 Å². The van der Waals surface area contributed by atoms with Gasteiger partial charge in [-0.05, 0) is 34.3 Å². The van der Waals surface area contributed by atoms with Gasteiger partial charge in [0.05, 0.1) is 17.7 Å². The van der Waals surface area contributed by atoms with Crippen LogP contribution in [0.15, 0.2) is 36.5 Å². The van der Waals surface area contributed by atoms with Crippen LogP contribution in [0.1, 0.15) is 65.7 Å². The fraction of sp³-hybridized carbons (Fsp3) is 0.643. The van der Waals surface area contributed by atoms with E-state index in [2.05, 4.69) is 60.4 Å². The highest BCUT2D eigenvalue weighted by atomic mass is 28.5. The lowest BCUT2D eigenvalue weighted by Gasteiger charge is -2.51. The van der Waals surface area contributed by atoms with Crippen molar-refractivity contribution in [2.24, 2.45) is 0 Å². The third-order valence-electron chi connectivity index (χ3n) is 8.00. The topological polar surface area (TPSA) is 85.3 Å². The molecule has 3 heterocycles. The smallest absolute Gasteiger partial charge is 0.340 e. The summed E-state index contributed by atoms with van der Waals surface area (Å²) in [6, 6.07) is 8.31. The summed E-state index contributed by atoms with van der Waals surface area (Å²) in [4.78, 5) is 17.2. The third kappa shape index (κ3) is 5.77. The number of carbonyl (C=O) groups excluding carboxylic acids is 1. The number of ether oxygens (including phenoxy) is 3. The van der Waals surface area contributed by atoms with Gasteiger partial charge in [-0.1, -0.05) is 73.6 Å². The predicted octanol–water partition coefficient (Wildman–Crippen LogP) is 5.58. The highest BCUT2D eigenvalue weighted by Gasteiger charge is 2.61. The summed E-state index contributed by atoms with van der Waals surface area (Å²) in [5.74, 6) is -0.499. The second kappa shape index (κ2) is 12.1. The van der Waals surface area contributed by atoms with Crippen LogP contribution in [0.2, 0.25) is 22.2 Å². The summed E-state index contributed by atoms with van der Waals surface area (Å²) >= 11 is 0. The summed E-state index contributed by atoms with van der Waals surface area (Å²) in [5, 5.41) is 0.719. The molecule has 2 aliphatic heterocycles. The molecule has 4 atom stereocenters. The van der Waals surface area contributed by atoms with Crippen molar-refractivity contribution in [2.45, 2.75) is 102 Å². The Morgan fingerprint density at radius 1 is 1.00 bits per heavy atom. The van der Waals surface area contributed by atoms with Crippen LogP contribution in [0.25, 0.3) is 10.9 Å². The molecule has 0 N–H and O–H groups in total. The number of nitrogens with zero attached hydrogens (tertiary/aromatic N) is 1. The fourth-order valence-corrected chi connectivity index (χ4v) is 17.1. The highest BCUT2D eigenvalue weighted by molar-refractivity contribution is 6.84. The van der Waals surface area contributed by atoms with Gasteiger partial charge in [-0.2, -0.15) is 0 Å². The molecular weight excluding hydrogens is 529 g/mol. The van der Waals surface area contributed by atoms with Crippen LogP contribution in [0.3, 0.4) is 0 Å². The molecule has 2 saturated heterocycles. The van der Waals surface area contributed by atoms with Crippen LogP contribution in [0.5, 0.6) is 0 Å². The first kappa shape index (κ1) is 30.4. The van der Waals surface area contributed by atoms with E-state index in [0.717, 1.165) is 10.9 Å². The zero-order chi connectivity index (χ0) is 28.5. The number of rotatable bonds is 8. The molecule has 4 rings (SSSR count). The zero-order valence-electron chi connectivity index (χ0n) is 24.4. The molecule has 39 heavy (non-hydrogen) atoms. The summed E-state index contributed by atoms with van der Waals surface area (Å²) in [7, 11) is 0.865. The van der Waals surface area contributed by atoms with Gasteiger partial charge in [-0.3, -0.25) is 4.98 Å². The van der Waals surface area contributed by atoms with Crippen molar-refractivity contribution in [3.8, 4) is 0 Å². The number of benzene rings is 1. The molecule has 1 aromatic heterocycles. The van der Waals surface area contributed by atoms with Crippen LogP contribution in [0.4, 0.5) is 0 Å². The van der Waals surface area contributed by atoms with Crippen molar-refractivity contribution in [2.75, 3.05) is 13.4 Å². The number of fused-ring (bicyclic) bond motifs is 2.